The summed E-state index contributed by atoms with van der Waals surface area (Å²) in [5, 5.41) is 4.61. The van der Waals surface area contributed by atoms with Crippen LogP contribution < -0.4 is 5.73 Å². The highest BCUT2D eigenvalue weighted by Crippen LogP contribution is 2.22. The van der Waals surface area contributed by atoms with Gasteiger partial charge < -0.3 is 10.2 Å². The second kappa shape index (κ2) is 4.84. The molecule has 2 aromatic rings. The summed E-state index contributed by atoms with van der Waals surface area (Å²) in [6, 6.07) is 5.60. The predicted molar refractivity (Wildman–Crippen MR) is 63.3 cm³/mol. The monoisotopic (exact) mass is 241 g/mol. The molecule has 0 aromatic carbocycles. The standard InChI is InChI=1S/C11H12ClNOS/c12-11-4-3-10(14-11)9(13)2-1-8-5-6-15-7-8/h3-7,9H,1-2,13H2. The van der Waals surface area contributed by atoms with Gasteiger partial charge in [-0.15, -0.1) is 0 Å². The number of nitrogens with two attached hydrogens (primary N) is 1. The van der Waals surface area contributed by atoms with Gasteiger partial charge in [0.05, 0.1) is 6.04 Å². The Morgan fingerprint density at radius 1 is 1.40 bits per heavy atom. The molecule has 1 atom stereocenters. The molecule has 0 aliphatic rings. The molecule has 15 heavy (non-hydrogen) atoms. The molecule has 4 heteroatoms. The van der Waals surface area contributed by atoms with Crippen molar-refractivity contribution < 1.29 is 4.42 Å². The molecule has 0 aliphatic carbocycles. The van der Waals surface area contributed by atoms with E-state index in [-0.39, 0.29) is 6.04 Å². The van der Waals surface area contributed by atoms with Crippen molar-refractivity contribution in [3.63, 3.8) is 0 Å². The number of hydrogen-bond donors (Lipinski definition) is 1. The van der Waals surface area contributed by atoms with E-state index in [1.165, 1.54) is 5.56 Å². The normalized spacial score (nSPS) is 12.9. The maximum absolute atomic E-state index is 5.98. The van der Waals surface area contributed by atoms with Gasteiger partial charge in [0.2, 0.25) is 0 Å². The van der Waals surface area contributed by atoms with E-state index < -0.39 is 0 Å². The number of hydrogen-bond acceptors (Lipinski definition) is 3. The fourth-order valence-corrected chi connectivity index (χ4v) is 2.28. The minimum Gasteiger partial charge on any atom is -0.448 e. The fourth-order valence-electron chi connectivity index (χ4n) is 1.43. The number of halogens is 1. The molecule has 0 saturated carbocycles. The quantitative estimate of drug-likeness (QED) is 0.888. The highest BCUT2D eigenvalue weighted by atomic mass is 35.5. The van der Waals surface area contributed by atoms with Gasteiger partial charge in [0, 0.05) is 0 Å². The van der Waals surface area contributed by atoms with Gasteiger partial charge in [-0.1, -0.05) is 0 Å². The highest BCUT2D eigenvalue weighted by molar-refractivity contribution is 7.07. The maximum Gasteiger partial charge on any atom is 0.193 e. The Morgan fingerprint density at radius 3 is 2.87 bits per heavy atom. The van der Waals surface area contributed by atoms with Crippen LogP contribution in [0.4, 0.5) is 0 Å². The van der Waals surface area contributed by atoms with Crippen molar-refractivity contribution in [2.45, 2.75) is 18.9 Å². The third-order valence-electron chi connectivity index (χ3n) is 2.28. The summed E-state index contributed by atoms with van der Waals surface area (Å²) in [6.07, 6.45) is 1.85. The molecule has 0 radical (unpaired) electrons. The van der Waals surface area contributed by atoms with E-state index in [4.69, 9.17) is 21.8 Å². The van der Waals surface area contributed by atoms with Gasteiger partial charge in [-0.25, -0.2) is 0 Å². The second-order valence-electron chi connectivity index (χ2n) is 3.42. The van der Waals surface area contributed by atoms with Crippen LogP contribution in [0.2, 0.25) is 5.22 Å². The van der Waals surface area contributed by atoms with Crippen LogP contribution in [0.5, 0.6) is 0 Å². The van der Waals surface area contributed by atoms with Gasteiger partial charge in [-0.3, -0.25) is 0 Å². The largest absolute Gasteiger partial charge is 0.448 e. The first-order valence-corrected chi connectivity index (χ1v) is 6.09. The summed E-state index contributed by atoms with van der Waals surface area (Å²) in [5.74, 6) is 0.759. The molecular weight excluding hydrogens is 230 g/mol. The van der Waals surface area contributed by atoms with Crippen LogP contribution in [-0.2, 0) is 6.42 Å². The first-order valence-electron chi connectivity index (χ1n) is 4.77. The summed E-state index contributed by atoms with van der Waals surface area (Å²) < 4.78 is 5.26. The van der Waals surface area contributed by atoms with Crippen LogP contribution in [0, 0.1) is 0 Å². The molecule has 0 fully saturated rings. The molecule has 80 valence electrons. The van der Waals surface area contributed by atoms with Crippen LogP contribution in [0.3, 0.4) is 0 Å². The van der Waals surface area contributed by atoms with Crippen molar-refractivity contribution in [3.05, 3.63) is 45.5 Å². The number of aryl methyl sites for hydroxylation is 1. The molecule has 0 saturated heterocycles. The van der Waals surface area contributed by atoms with Crippen molar-refractivity contribution >= 4 is 22.9 Å². The SMILES string of the molecule is NC(CCc1ccsc1)c1ccc(Cl)o1. The average Bonchev–Trinajstić information content (AvgIpc) is 2.84. The highest BCUT2D eigenvalue weighted by Gasteiger charge is 2.10. The Bertz CT molecular complexity index is 410. The van der Waals surface area contributed by atoms with Crippen LogP contribution in [0.1, 0.15) is 23.8 Å². The summed E-state index contributed by atoms with van der Waals surface area (Å²) in [6.45, 7) is 0. The summed E-state index contributed by atoms with van der Waals surface area (Å²) in [7, 11) is 0. The lowest BCUT2D eigenvalue weighted by Gasteiger charge is -2.07. The van der Waals surface area contributed by atoms with Gasteiger partial charge >= 0.3 is 0 Å². The van der Waals surface area contributed by atoms with Crippen LogP contribution >= 0.6 is 22.9 Å². The lowest BCUT2D eigenvalue weighted by atomic mass is 10.1. The summed E-state index contributed by atoms with van der Waals surface area (Å²) >= 11 is 7.39. The molecule has 0 bridgehead atoms. The van der Waals surface area contributed by atoms with Crippen LogP contribution in [-0.4, -0.2) is 0 Å². The molecular formula is C11H12ClNOS. The van der Waals surface area contributed by atoms with Crippen molar-refractivity contribution in [2.24, 2.45) is 5.73 Å². The zero-order chi connectivity index (χ0) is 10.7. The van der Waals surface area contributed by atoms with Gasteiger partial charge in [-0.05, 0) is 59.0 Å². The minimum absolute atomic E-state index is 0.0719. The van der Waals surface area contributed by atoms with Crippen molar-refractivity contribution in [2.75, 3.05) is 0 Å². The van der Waals surface area contributed by atoms with Crippen LogP contribution in [0.15, 0.2) is 33.4 Å². The van der Waals surface area contributed by atoms with E-state index in [1.807, 2.05) is 6.07 Å². The Kier molecular flexibility index (Phi) is 3.46. The summed E-state index contributed by atoms with van der Waals surface area (Å²) in [5.41, 5.74) is 7.30. The fraction of sp³-hybridized carbons (Fsp3) is 0.273. The smallest absolute Gasteiger partial charge is 0.193 e. The van der Waals surface area contributed by atoms with E-state index in [2.05, 4.69) is 16.8 Å². The molecule has 0 aliphatic heterocycles. The molecule has 0 spiro atoms. The Hall–Kier alpha value is -0.770. The van der Waals surface area contributed by atoms with E-state index in [9.17, 15) is 0 Å². The van der Waals surface area contributed by atoms with E-state index in [0.29, 0.717) is 5.22 Å². The maximum atomic E-state index is 5.98. The molecule has 1 unspecified atom stereocenters. The van der Waals surface area contributed by atoms with Gasteiger partial charge in [0.25, 0.3) is 0 Å². The number of rotatable bonds is 4. The third-order valence-corrected chi connectivity index (χ3v) is 3.22. The number of furan rings is 1. The Balaban J connectivity index is 1.90. The molecule has 2 heterocycles. The minimum atomic E-state index is -0.0719. The van der Waals surface area contributed by atoms with E-state index in [0.717, 1.165) is 18.6 Å². The Morgan fingerprint density at radius 2 is 2.27 bits per heavy atom. The summed E-state index contributed by atoms with van der Waals surface area (Å²) in [4.78, 5) is 0. The molecule has 2 nitrogen and oxygen atoms in total. The second-order valence-corrected chi connectivity index (χ2v) is 4.57. The van der Waals surface area contributed by atoms with Crippen molar-refractivity contribution in [1.29, 1.82) is 0 Å². The third kappa shape index (κ3) is 2.84. The van der Waals surface area contributed by atoms with E-state index in [1.54, 1.807) is 17.4 Å². The lowest BCUT2D eigenvalue weighted by molar-refractivity contribution is 0.454. The van der Waals surface area contributed by atoms with Gasteiger partial charge in [0.15, 0.2) is 5.22 Å². The molecule has 2 aromatic heterocycles. The first kappa shape index (κ1) is 10.7. The molecule has 2 N–H and O–H groups in total. The first-order chi connectivity index (χ1) is 7.25. The van der Waals surface area contributed by atoms with Gasteiger partial charge in [-0.2, -0.15) is 11.3 Å². The van der Waals surface area contributed by atoms with Gasteiger partial charge in [0.1, 0.15) is 5.76 Å². The Labute approximate surface area is 97.7 Å². The molecule has 2 rings (SSSR count). The average molecular weight is 242 g/mol. The topological polar surface area (TPSA) is 39.2 Å². The predicted octanol–water partition coefficient (Wildman–Crippen LogP) is 3.63. The zero-order valence-corrected chi connectivity index (χ0v) is 9.72. The van der Waals surface area contributed by atoms with Crippen LogP contribution in [0.25, 0.3) is 0 Å². The van der Waals surface area contributed by atoms with E-state index >= 15 is 0 Å². The van der Waals surface area contributed by atoms with Crippen molar-refractivity contribution in [1.82, 2.24) is 0 Å². The lowest BCUT2D eigenvalue weighted by Crippen LogP contribution is -2.10. The molecule has 0 amide bonds. The van der Waals surface area contributed by atoms with Crippen molar-refractivity contribution in [3.8, 4) is 0 Å². The zero-order valence-electron chi connectivity index (χ0n) is 8.15. The number of thiophene rings is 1.